The van der Waals surface area contributed by atoms with Crippen LogP contribution >= 0.6 is 0 Å². The summed E-state index contributed by atoms with van der Waals surface area (Å²) in [7, 11) is 0. The number of likely N-dealkylation sites (tertiary alicyclic amines) is 1. The van der Waals surface area contributed by atoms with Crippen molar-refractivity contribution in [3.8, 4) is 0 Å². The molecular formula is C31H30N2O4. The molecule has 2 N–H and O–H groups in total. The van der Waals surface area contributed by atoms with Gasteiger partial charge < -0.3 is 5.11 Å². The van der Waals surface area contributed by atoms with Crippen molar-refractivity contribution < 1.29 is 19.5 Å². The van der Waals surface area contributed by atoms with E-state index in [4.69, 9.17) is 0 Å². The highest BCUT2D eigenvalue weighted by atomic mass is 16.4. The number of carboxylic acids is 1. The number of hydrogen-bond donors (Lipinski definition) is 2. The van der Waals surface area contributed by atoms with Crippen LogP contribution < -0.4 is 5.32 Å². The largest absolute Gasteiger partial charge is 0.480 e. The van der Waals surface area contributed by atoms with Crippen LogP contribution in [0.3, 0.4) is 0 Å². The number of imide groups is 1. The summed E-state index contributed by atoms with van der Waals surface area (Å²) in [5, 5.41) is 13.9. The molecule has 0 bridgehead atoms. The summed E-state index contributed by atoms with van der Waals surface area (Å²) in [6.07, 6.45) is 4.02. The molecule has 4 unspecified atom stereocenters. The number of carbonyl (C=O) groups excluding carboxylic acids is 2. The molecule has 2 aliphatic heterocycles. The van der Waals surface area contributed by atoms with Crippen molar-refractivity contribution in [3.05, 3.63) is 107 Å². The van der Waals surface area contributed by atoms with Crippen molar-refractivity contribution in [1.82, 2.24) is 10.2 Å². The number of nitrogens with zero attached hydrogens (tertiary/aromatic N) is 1. The van der Waals surface area contributed by atoms with Crippen LogP contribution in [0.5, 0.6) is 0 Å². The summed E-state index contributed by atoms with van der Waals surface area (Å²) in [4.78, 5) is 41.8. The normalized spacial score (nSPS) is 25.6. The van der Waals surface area contributed by atoms with Crippen LogP contribution in [0.25, 0.3) is 12.2 Å². The first-order chi connectivity index (χ1) is 17.6. The fourth-order valence-corrected chi connectivity index (χ4v) is 5.71. The molecule has 2 amide bonds. The van der Waals surface area contributed by atoms with E-state index in [9.17, 15) is 19.5 Å². The first kappa shape index (κ1) is 24.7. The van der Waals surface area contributed by atoms with Gasteiger partial charge in [0.2, 0.25) is 11.8 Å². The summed E-state index contributed by atoms with van der Waals surface area (Å²) >= 11 is 0. The topological polar surface area (TPSA) is 86.7 Å². The Balaban J connectivity index is 1.57. The number of hydrogen-bond acceptors (Lipinski definition) is 4. The second-order valence-electron chi connectivity index (χ2n) is 10.7. The maximum absolute atomic E-state index is 13.8. The third-order valence-electron chi connectivity index (χ3n) is 7.36. The van der Waals surface area contributed by atoms with Gasteiger partial charge in [-0.05, 0) is 43.0 Å². The van der Waals surface area contributed by atoms with E-state index in [0.717, 1.165) is 16.7 Å². The third-order valence-corrected chi connectivity index (χ3v) is 7.36. The lowest BCUT2D eigenvalue weighted by Crippen LogP contribution is -2.55. The van der Waals surface area contributed by atoms with Crippen LogP contribution in [0.4, 0.5) is 0 Å². The van der Waals surface area contributed by atoms with E-state index >= 15 is 0 Å². The van der Waals surface area contributed by atoms with Gasteiger partial charge in [0.1, 0.15) is 0 Å². The van der Waals surface area contributed by atoms with Crippen LogP contribution in [0.15, 0.2) is 84.9 Å². The zero-order valence-corrected chi connectivity index (χ0v) is 21.1. The summed E-state index contributed by atoms with van der Waals surface area (Å²) < 4.78 is 0. The molecule has 6 heteroatoms. The van der Waals surface area contributed by atoms with Crippen molar-refractivity contribution in [1.29, 1.82) is 0 Å². The van der Waals surface area contributed by atoms with Gasteiger partial charge in [0.25, 0.3) is 0 Å². The van der Waals surface area contributed by atoms with Crippen molar-refractivity contribution in [2.24, 2.45) is 11.8 Å². The van der Waals surface area contributed by atoms with Crippen LogP contribution in [-0.4, -0.2) is 33.3 Å². The summed E-state index contributed by atoms with van der Waals surface area (Å²) in [6.45, 7) is 5.39. The summed E-state index contributed by atoms with van der Waals surface area (Å²) in [6, 6.07) is 25.7. The lowest BCUT2D eigenvalue weighted by molar-refractivity contribution is -0.154. The fourth-order valence-electron chi connectivity index (χ4n) is 5.71. The van der Waals surface area contributed by atoms with E-state index in [1.165, 1.54) is 4.90 Å². The Morgan fingerprint density at radius 3 is 1.92 bits per heavy atom. The molecule has 0 aliphatic carbocycles. The minimum absolute atomic E-state index is 0.341. The summed E-state index contributed by atoms with van der Waals surface area (Å²) in [5.41, 5.74) is 0.783. The smallest absolute Gasteiger partial charge is 0.329 e. The van der Waals surface area contributed by atoms with E-state index in [-0.39, 0.29) is 5.91 Å². The molecule has 2 aliphatic rings. The van der Waals surface area contributed by atoms with Crippen molar-refractivity contribution in [3.63, 3.8) is 0 Å². The Morgan fingerprint density at radius 2 is 1.38 bits per heavy atom. The quantitative estimate of drug-likeness (QED) is 0.390. The maximum Gasteiger partial charge on any atom is 0.329 e. The Kier molecular flexibility index (Phi) is 6.08. The fraction of sp³-hybridized carbons (Fsp3) is 0.258. The first-order valence-corrected chi connectivity index (χ1v) is 12.4. The number of nitrogens with one attached hydrogen (secondary N) is 1. The van der Waals surface area contributed by atoms with Crippen molar-refractivity contribution >= 4 is 29.9 Å². The van der Waals surface area contributed by atoms with E-state index in [1.54, 1.807) is 51.1 Å². The van der Waals surface area contributed by atoms with E-state index < -0.39 is 40.8 Å². The zero-order valence-electron chi connectivity index (χ0n) is 21.1. The highest BCUT2D eigenvalue weighted by molar-refractivity contribution is 6.10. The lowest BCUT2D eigenvalue weighted by atomic mass is 9.75. The predicted octanol–water partition coefficient (Wildman–Crippen LogP) is 4.88. The number of aliphatic carboxylic acids is 1. The van der Waals surface area contributed by atoms with E-state index in [2.05, 4.69) is 5.32 Å². The molecule has 188 valence electrons. The second kappa shape index (κ2) is 9.12. The van der Waals surface area contributed by atoms with Gasteiger partial charge in [-0.25, -0.2) is 4.79 Å². The molecule has 3 aromatic rings. The standard InChI is InChI=1S/C31H30N2O4/c1-30(2,3)33-27(34)24-25(28(33)35)31(29(36)37,23-12-8-5-9-13-23)32-26(24)22-18-16-21(17-19-22)15-14-20-10-6-4-7-11-20/h4-19,24-26,32H,1-3H3,(H,36,37). The third kappa shape index (κ3) is 4.07. The number of rotatable bonds is 5. The highest BCUT2D eigenvalue weighted by Gasteiger charge is 2.70. The Labute approximate surface area is 216 Å². The molecule has 0 radical (unpaired) electrons. The van der Waals surface area contributed by atoms with Gasteiger partial charge in [0.05, 0.1) is 11.8 Å². The average molecular weight is 495 g/mol. The Hall–Kier alpha value is -4.03. The number of benzene rings is 3. The Morgan fingerprint density at radius 1 is 0.838 bits per heavy atom. The minimum Gasteiger partial charge on any atom is -0.480 e. The zero-order chi connectivity index (χ0) is 26.4. The van der Waals surface area contributed by atoms with E-state index in [1.807, 2.05) is 66.7 Å². The molecule has 6 nitrogen and oxygen atoms in total. The number of carbonyl (C=O) groups is 3. The molecule has 0 spiro atoms. The molecule has 4 atom stereocenters. The molecule has 2 heterocycles. The molecule has 2 saturated heterocycles. The van der Waals surface area contributed by atoms with Crippen molar-refractivity contribution in [2.45, 2.75) is 37.9 Å². The number of fused-ring (bicyclic) bond motifs is 1. The average Bonchev–Trinajstić information content (AvgIpc) is 3.38. The molecule has 2 fully saturated rings. The monoisotopic (exact) mass is 494 g/mol. The van der Waals surface area contributed by atoms with Crippen LogP contribution in [0, 0.1) is 11.8 Å². The van der Waals surface area contributed by atoms with Gasteiger partial charge in [0.15, 0.2) is 5.54 Å². The van der Waals surface area contributed by atoms with Crippen LogP contribution in [0.2, 0.25) is 0 Å². The van der Waals surface area contributed by atoms with Crippen LogP contribution in [0.1, 0.15) is 49.1 Å². The number of carboxylic acid groups (broad SMARTS) is 1. The van der Waals surface area contributed by atoms with Crippen molar-refractivity contribution in [2.75, 3.05) is 0 Å². The van der Waals surface area contributed by atoms with Gasteiger partial charge in [-0.1, -0.05) is 97.1 Å². The second-order valence-corrected chi connectivity index (χ2v) is 10.7. The van der Waals surface area contributed by atoms with Gasteiger partial charge in [0, 0.05) is 11.6 Å². The van der Waals surface area contributed by atoms with Gasteiger partial charge in [-0.15, -0.1) is 0 Å². The summed E-state index contributed by atoms with van der Waals surface area (Å²) in [5.74, 6) is -3.87. The van der Waals surface area contributed by atoms with E-state index in [0.29, 0.717) is 5.56 Å². The minimum atomic E-state index is -1.73. The molecule has 5 rings (SSSR count). The molecule has 0 saturated carbocycles. The van der Waals surface area contributed by atoms with Gasteiger partial charge >= 0.3 is 5.97 Å². The first-order valence-electron chi connectivity index (χ1n) is 12.4. The maximum atomic E-state index is 13.8. The Bertz CT molecular complexity index is 1360. The predicted molar refractivity (Wildman–Crippen MR) is 142 cm³/mol. The molecule has 0 aromatic heterocycles. The SMILES string of the molecule is CC(C)(C)N1C(=O)C2C(c3ccc(C=Cc4ccccc4)cc3)NC(C(=O)O)(c3ccccc3)C2C1=O. The molecule has 37 heavy (non-hydrogen) atoms. The van der Waals surface area contributed by atoms with Gasteiger partial charge in [-0.3, -0.25) is 19.8 Å². The molecular weight excluding hydrogens is 464 g/mol. The lowest BCUT2D eigenvalue weighted by Gasteiger charge is -2.35. The highest BCUT2D eigenvalue weighted by Crippen LogP contribution is 2.54. The molecule has 3 aromatic carbocycles. The number of amides is 2. The van der Waals surface area contributed by atoms with Gasteiger partial charge in [-0.2, -0.15) is 0 Å². The van der Waals surface area contributed by atoms with Crippen LogP contribution in [-0.2, 0) is 19.9 Å².